The summed E-state index contributed by atoms with van der Waals surface area (Å²) in [6.45, 7) is 2.93. The molecule has 0 spiro atoms. The fraction of sp³-hybridized carbons (Fsp3) is 0.269. The van der Waals surface area contributed by atoms with Gasteiger partial charge in [0.2, 0.25) is 0 Å². The van der Waals surface area contributed by atoms with Gasteiger partial charge < -0.3 is 24.4 Å². The molecule has 8 heteroatoms. The number of nitrogens with zero attached hydrogens (tertiary/aromatic N) is 3. The van der Waals surface area contributed by atoms with Gasteiger partial charge in [0.25, 0.3) is 11.7 Å². The highest BCUT2D eigenvalue weighted by Crippen LogP contribution is 2.41. The van der Waals surface area contributed by atoms with Gasteiger partial charge in [0, 0.05) is 37.5 Å². The van der Waals surface area contributed by atoms with Crippen LogP contribution < -0.4 is 4.74 Å². The van der Waals surface area contributed by atoms with Crippen LogP contribution in [0, 0.1) is 0 Å². The molecule has 174 valence electrons. The van der Waals surface area contributed by atoms with Crippen molar-refractivity contribution in [2.75, 3.05) is 6.54 Å². The number of likely N-dealkylation sites (tertiary alicyclic amines) is 1. The van der Waals surface area contributed by atoms with Crippen molar-refractivity contribution in [2.45, 2.75) is 38.5 Å². The number of phenols is 1. The zero-order valence-corrected chi connectivity index (χ0v) is 18.7. The minimum atomic E-state index is -0.758. The molecule has 8 nitrogen and oxygen atoms in total. The molecule has 0 bridgehead atoms. The molecular formula is C26H25N3O5. The summed E-state index contributed by atoms with van der Waals surface area (Å²) in [6, 6.07) is 10.9. The third-order valence-electron chi connectivity index (χ3n) is 6.29. The predicted molar refractivity (Wildman–Crippen MR) is 124 cm³/mol. The lowest BCUT2D eigenvalue weighted by atomic mass is 9.94. The standard InChI is InChI=1S/C26H25N3O5/c1-16-13-19-14-18(5-8-21(19)34-16)24(31)22-23(17-3-6-20(30)7-4-17)29(26(33)25(22)32)11-2-10-28-12-9-27-15-28/h3-9,12,14-16,23,30-31H,2,10-11,13H2,1H3/b24-22+/t16-,23+/m1/s1. The summed E-state index contributed by atoms with van der Waals surface area (Å²) in [7, 11) is 0. The van der Waals surface area contributed by atoms with Crippen molar-refractivity contribution in [3.8, 4) is 11.5 Å². The first-order valence-electron chi connectivity index (χ1n) is 11.3. The van der Waals surface area contributed by atoms with Crippen molar-refractivity contribution in [1.82, 2.24) is 14.5 Å². The van der Waals surface area contributed by atoms with Gasteiger partial charge in [0.15, 0.2) is 0 Å². The summed E-state index contributed by atoms with van der Waals surface area (Å²) in [4.78, 5) is 31.7. The van der Waals surface area contributed by atoms with E-state index in [-0.39, 0.29) is 23.2 Å². The van der Waals surface area contributed by atoms with Crippen LogP contribution in [0.2, 0.25) is 0 Å². The maximum absolute atomic E-state index is 13.2. The Balaban J connectivity index is 1.52. The molecular weight excluding hydrogens is 434 g/mol. The third kappa shape index (κ3) is 3.91. The van der Waals surface area contributed by atoms with Crippen LogP contribution in [0.25, 0.3) is 5.76 Å². The number of imidazole rings is 1. The lowest BCUT2D eigenvalue weighted by Gasteiger charge is -2.25. The van der Waals surface area contributed by atoms with Crippen molar-refractivity contribution in [1.29, 1.82) is 0 Å². The van der Waals surface area contributed by atoms with E-state index in [1.807, 2.05) is 23.8 Å². The Morgan fingerprint density at radius 2 is 1.94 bits per heavy atom. The summed E-state index contributed by atoms with van der Waals surface area (Å²) in [5.41, 5.74) is 2.11. The molecule has 1 aromatic heterocycles. The van der Waals surface area contributed by atoms with Crippen LogP contribution in [-0.4, -0.2) is 49.0 Å². The molecule has 0 saturated carbocycles. The van der Waals surface area contributed by atoms with Gasteiger partial charge in [-0.1, -0.05) is 12.1 Å². The number of aliphatic hydroxyl groups excluding tert-OH is 1. The second kappa shape index (κ2) is 8.70. The van der Waals surface area contributed by atoms with Crippen LogP contribution in [0.3, 0.4) is 0 Å². The number of hydrogen-bond acceptors (Lipinski definition) is 6. The molecule has 2 N–H and O–H groups in total. The summed E-state index contributed by atoms with van der Waals surface area (Å²) in [5.74, 6) is -0.741. The van der Waals surface area contributed by atoms with Gasteiger partial charge in [-0.2, -0.15) is 0 Å². The van der Waals surface area contributed by atoms with Crippen LogP contribution in [-0.2, 0) is 22.6 Å². The highest BCUT2D eigenvalue weighted by molar-refractivity contribution is 6.46. The Labute approximate surface area is 196 Å². The number of fused-ring (bicyclic) bond motifs is 1. The van der Waals surface area contributed by atoms with Crippen molar-refractivity contribution in [2.24, 2.45) is 0 Å². The fourth-order valence-corrected chi connectivity index (χ4v) is 4.68. The van der Waals surface area contributed by atoms with Gasteiger partial charge in [-0.25, -0.2) is 4.98 Å². The highest BCUT2D eigenvalue weighted by Gasteiger charge is 2.45. The maximum Gasteiger partial charge on any atom is 0.295 e. The Morgan fingerprint density at radius 1 is 1.15 bits per heavy atom. The number of hydrogen-bond donors (Lipinski definition) is 2. The number of Topliss-reactive ketones (excluding diaryl/α,β-unsaturated/α-hetero) is 1. The normalized spacial score (nSPS) is 21.0. The zero-order valence-electron chi connectivity index (χ0n) is 18.7. The minimum Gasteiger partial charge on any atom is -0.508 e. The molecule has 2 aromatic carbocycles. The summed E-state index contributed by atoms with van der Waals surface area (Å²) < 4.78 is 7.64. The molecule has 3 aromatic rings. The van der Waals surface area contributed by atoms with Gasteiger partial charge in [-0.3, -0.25) is 9.59 Å². The molecule has 1 fully saturated rings. The molecule has 3 heterocycles. The highest BCUT2D eigenvalue weighted by atomic mass is 16.5. The molecule has 0 radical (unpaired) electrons. The van der Waals surface area contributed by atoms with E-state index >= 15 is 0 Å². The molecule has 34 heavy (non-hydrogen) atoms. The average Bonchev–Trinajstić information content (AvgIpc) is 3.53. The van der Waals surface area contributed by atoms with Crippen LogP contribution in [0.4, 0.5) is 0 Å². The quantitative estimate of drug-likeness (QED) is 0.333. The molecule has 1 saturated heterocycles. The monoisotopic (exact) mass is 459 g/mol. The van der Waals surface area contributed by atoms with E-state index in [0.717, 1.165) is 11.3 Å². The number of aromatic hydroxyl groups is 1. The van der Waals surface area contributed by atoms with E-state index < -0.39 is 17.7 Å². The van der Waals surface area contributed by atoms with Crippen molar-refractivity contribution in [3.63, 3.8) is 0 Å². The second-order valence-corrected chi connectivity index (χ2v) is 8.69. The molecule has 2 aliphatic heterocycles. The number of ether oxygens (including phenoxy) is 1. The van der Waals surface area contributed by atoms with Crippen LogP contribution in [0.15, 0.2) is 66.8 Å². The average molecular weight is 460 g/mol. The van der Waals surface area contributed by atoms with Crippen LogP contribution in [0.1, 0.15) is 36.1 Å². The second-order valence-electron chi connectivity index (χ2n) is 8.69. The number of amides is 1. The van der Waals surface area contributed by atoms with E-state index in [2.05, 4.69) is 4.98 Å². The Bertz CT molecular complexity index is 1260. The maximum atomic E-state index is 13.2. The predicted octanol–water partition coefficient (Wildman–Crippen LogP) is 3.42. The van der Waals surface area contributed by atoms with Gasteiger partial charge in [-0.05, 0) is 54.8 Å². The number of carbonyl (C=O) groups excluding carboxylic acids is 2. The lowest BCUT2D eigenvalue weighted by molar-refractivity contribution is -0.139. The summed E-state index contributed by atoms with van der Waals surface area (Å²) >= 11 is 0. The van der Waals surface area contributed by atoms with Crippen molar-refractivity contribution in [3.05, 3.63) is 83.4 Å². The summed E-state index contributed by atoms with van der Waals surface area (Å²) in [6.07, 6.45) is 6.58. The molecule has 1 amide bonds. The van der Waals surface area contributed by atoms with Gasteiger partial charge in [-0.15, -0.1) is 0 Å². The first kappa shape index (κ1) is 21.8. The topological polar surface area (TPSA) is 105 Å². The number of rotatable bonds is 6. The van der Waals surface area contributed by atoms with Gasteiger partial charge in [0.05, 0.1) is 17.9 Å². The smallest absolute Gasteiger partial charge is 0.295 e. The minimum absolute atomic E-state index is 0.0465. The van der Waals surface area contributed by atoms with E-state index in [0.29, 0.717) is 37.1 Å². The number of aryl methyl sites for hydroxylation is 1. The SMILES string of the molecule is C[C@@H]1Cc2cc(/C(O)=C3\C(=O)C(=O)N(CCCn4ccnc4)[C@H]3c3ccc(O)cc3)ccc2O1. The first-order chi connectivity index (χ1) is 16.4. The number of aliphatic hydroxyl groups is 1. The summed E-state index contributed by atoms with van der Waals surface area (Å²) in [5, 5.41) is 21.0. The van der Waals surface area contributed by atoms with Crippen molar-refractivity contribution >= 4 is 17.4 Å². The van der Waals surface area contributed by atoms with E-state index in [1.165, 1.54) is 17.0 Å². The number of benzene rings is 2. The number of carbonyl (C=O) groups is 2. The largest absolute Gasteiger partial charge is 0.508 e. The number of ketones is 1. The zero-order chi connectivity index (χ0) is 23.8. The Kier molecular flexibility index (Phi) is 5.57. The molecule has 0 unspecified atom stereocenters. The van der Waals surface area contributed by atoms with Gasteiger partial charge in [0.1, 0.15) is 23.4 Å². The Hall–Kier alpha value is -4.07. The van der Waals surface area contributed by atoms with E-state index in [1.54, 1.807) is 36.8 Å². The number of aromatic nitrogens is 2. The Morgan fingerprint density at radius 3 is 2.68 bits per heavy atom. The fourth-order valence-electron chi connectivity index (χ4n) is 4.68. The van der Waals surface area contributed by atoms with E-state index in [4.69, 9.17) is 4.74 Å². The number of phenolic OH excluding ortho intramolecular Hbond substituents is 1. The molecule has 2 aliphatic rings. The van der Waals surface area contributed by atoms with Crippen LogP contribution in [0.5, 0.6) is 11.5 Å². The van der Waals surface area contributed by atoms with Crippen molar-refractivity contribution < 1.29 is 24.5 Å². The van der Waals surface area contributed by atoms with E-state index in [9.17, 15) is 19.8 Å². The molecule has 5 rings (SSSR count). The molecule has 0 aliphatic carbocycles. The molecule has 2 atom stereocenters. The third-order valence-corrected chi connectivity index (χ3v) is 6.29. The lowest BCUT2D eigenvalue weighted by Crippen LogP contribution is -2.31. The van der Waals surface area contributed by atoms with Gasteiger partial charge >= 0.3 is 0 Å². The van der Waals surface area contributed by atoms with Crippen LogP contribution >= 0.6 is 0 Å². The first-order valence-corrected chi connectivity index (χ1v) is 11.3.